The number of carbonyl (C=O) groups excluding carboxylic acids is 1. The van der Waals surface area contributed by atoms with Gasteiger partial charge in [-0.15, -0.1) is 0 Å². The summed E-state index contributed by atoms with van der Waals surface area (Å²) in [6.07, 6.45) is 0. The van der Waals surface area contributed by atoms with E-state index in [1.165, 1.54) is 6.07 Å². The molecule has 0 saturated carbocycles. The van der Waals surface area contributed by atoms with Gasteiger partial charge in [-0.1, -0.05) is 12.1 Å². The summed E-state index contributed by atoms with van der Waals surface area (Å²) in [6, 6.07) is 6.28. The third kappa shape index (κ3) is 2.55. The molecular weight excluding hydrogens is 270 g/mol. The Hall–Kier alpha value is -0.880. The quantitative estimate of drug-likeness (QED) is 0.886. The van der Waals surface area contributed by atoms with Gasteiger partial charge in [0, 0.05) is 11.4 Å². The van der Waals surface area contributed by atoms with Crippen molar-refractivity contribution >= 4 is 31.9 Å². The first-order valence-electron chi connectivity index (χ1n) is 3.71. The van der Waals surface area contributed by atoms with E-state index < -0.39 is 15.9 Å². The fourth-order valence-corrected chi connectivity index (χ4v) is 2.90. The van der Waals surface area contributed by atoms with Gasteiger partial charge < -0.3 is 0 Å². The first-order chi connectivity index (χ1) is 6.43. The molecule has 0 saturated heterocycles. The highest BCUT2D eigenvalue weighted by atomic mass is 79.9. The monoisotopic (exact) mass is 277 g/mol. The Kier molecular flexibility index (Phi) is 3.28. The van der Waals surface area contributed by atoms with Crippen molar-refractivity contribution < 1.29 is 13.2 Å². The summed E-state index contributed by atoms with van der Waals surface area (Å²) < 4.78 is 25.3. The van der Waals surface area contributed by atoms with Gasteiger partial charge in [0.2, 0.25) is 5.91 Å². The van der Waals surface area contributed by atoms with Crippen LogP contribution < -0.4 is 4.72 Å². The number of halogens is 1. The molecule has 6 heteroatoms. The third-order valence-corrected chi connectivity index (χ3v) is 3.85. The summed E-state index contributed by atoms with van der Waals surface area (Å²) in [4.78, 5) is 10.7. The van der Waals surface area contributed by atoms with Gasteiger partial charge in [0.15, 0.2) is 0 Å². The van der Waals surface area contributed by atoms with Gasteiger partial charge in [-0.05, 0) is 28.1 Å². The van der Waals surface area contributed by atoms with Crippen molar-refractivity contribution in [2.75, 3.05) is 0 Å². The van der Waals surface area contributed by atoms with E-state index in [-0.39, 0.29) is 4.90 Å². The van der Waals surface area contributed by atoms with Gasteiger partial charge >= 0.3 is 0 Å². The summed E-state index contributed by atoms with van der Waals surface area (Å²) in [6.45, 7) is 1.15. The van der Waals surface area contributed by atoms with Gasteiger partial charge in [-0.25, -0.2) is 13.1 Å². The number of benzene rings is 1. The van der Waals surface area contributed by atoms with Crippen LogP contribution in [0.25, 0.3) is 0 Å². The van der Waals surface area contributed by atoms with Crippen LogP contribution in [0, 0.1) is 0 Å². The molecule has 0 radical (unpaired) electrons. The molecule has 4 nitrogen and oxygen atoms in total. The van der Waals surface area contributed by atoms with Crippen molar-refractivity contribution in [1.82, 2.24) is 4.72 Å². The van der Waals surface area contributed by atoms with E-state index in [4.69, 9.17) is 0 Å². The fraction of sp³-hybridized carbons (Fsp3) is 0.125. The maximum absolute atomic E-state index is 11.5. The van der Waals surface area contributed by atoms with Crippen LogP contribution in [0.5, 0.6) is 0 Å². The van der Waals surface area contributed by atoms with Crippen molar-refractivity contribution in [3.63, 3.8) is 0 Å². The highest BCUT2D eigenvalue weighted by molar-refractivity contribution is 9.10. The fourth-order valence-electron chi connectivity index (χ4n) is 0.907. The van der Waals surface area contributed by atoms with Crippen LogP contribution in [-0.4, -0.2) is 14.3 Å². The van der Waals surface area contributed by atoms with Crippen LogP contribution >= 0.6 is 15.9 Å². The molecular formula is C8H8BrNO3S. The number of carbonyl (C=O) groups is 1. The lowest BCUT2D eigenvalue weighted by molar-refractivity contribution is -0.117. The zero-order valence-electron chi connectivity index (χ0n) is 7.32. The summed E-state index contributed by atoms with van der Waals surface area (Å²) in [5, 5.41) is 0. The van der Waals surface area contributed by atoms with Crippen molar-refractivity contribution in [3.8, 4) is 0 Å². The standard InChI is InChI=1S/C8H8BrNO3S/c1-6(11)10-14(12,13)8-5-3-2-4-7(8)9/h2-5H,1H3,(H,10,11). The molecule has 1 aromatic carbocycles. The SMILES string of the molecule is CC(=O)NS(=O)(=O)c1ccccc1Br. The minimum absolute atomic E-state index is 0.0511. The normalized spacial score (nSPS) is 11.0. The molecule has 76 valence electrons. The number of hydrogen-bond donors (Lipinski definition) is 1. The predicted octanol–water partition coefficient (Wildman–Crippen LogP) is 1.27. The number of rotatable bonds is 2. The van der Waals surface area contributed by atoms with Crippen molar-refractivity contribution in [1.29, 1.82) is 0 Å². The Labute approximate surface area is 90.5 Å². The van der Waals surface area contributed by atoms with Gasteiger partial charge in [-0.3, -0.25) is 4.79 Å². The molecule has 0 aliphatic heterocycles. The molecule has 0 aromatic heterocycles. The van der Waals surface area contributed by atoms with Crippen LogP contribution in [0.15, 0.2) is 33.6 Å². The second kappa shape index (κ2) is 4.10. The van der Waals surface area contributed by atoms with Crippen molar-refractivity contribution in [2.24, 2.45) is 0 Å². The molecule has 0 fully saturated rings. The Morgan fingerprint density at radius 2 is 1.93 bits per heavy atom. The molecule has 0 unspecified atom stereocenters. The van der Waals surface area contributed by atoms with E-state index in [1.54, 1.807) is 18.2 Å². The third-order valence-electron chi connectivity index (χ3n) is 1.40. The smallest absolute Gasteiger partial charge is 0.265 e. The van der Waals surface area contributed by atoms with Crippen LogP contribution in [0.1, 0.15) is 6.92 Å². The van der Waals surface area contributed by atoms with Crippen LogP contribution in [0.2, 0.25) is 0 Å². The number of amides is 1. The number of nitrogens with one attached hydrogen (secondary N) is 1. The van der Waals surface area contributed by atoms with E-state index in [0.29, 0.717) is 4.47 Å². The van der Waals surface area contributed by atoms with Crippen LogP contribution in [0.3, 0.4) is 0 Å². The minimum atomic E-state index is -3.74. The molecule has 1 amide bonds. The maximum Gasteiger partial charge on any atom is 0.265 e. The molecule has 0 atom stereocenters. The highest BCUT2D eigenvalue weighted by Crippen LogP contribution is 2.20. The minimum Gasteiger partial charge on any atom is -0.274 e. The lowest BCUT2D eigenvalue weighted by Gasteiger charge is -2.05. The van der Waals surface area contributed by atoms with Gasteiger partial charge in [0.25, 0.3) is 10.0 Å². The zero-order chi connectivity index (χ0) is 10.8. The van der Waals surface area contributed by atoms with E-state index in [2.05, 4.69) is 15.9 Å². The second-order valence-corrected chi connectivity index (χ2v) is 5.10. The molecule has 1 rings (SSSR count). The Morgan fingerprint density at radius 1 is 1.36 bits per heavy atom. The molecule has 0 heterocycles. The summed E-state index contributed by atoms with van der Waals surface area (Å²) >= 11 is 3.09. The van der Waals surface area contributed by atoms with E-state index in [1.807, 2.05) is 4.72 Å². The van der Waals surface area contributed by atoms with Gasteiger partial charge in [0.05, 0.1) is 0 Å². The molecule has 1 aromatic rings. The van der Waals surface area contributed by atoms with E-state index in [9.17, 15) is 13.2 Å². The van der Waals surface area contributed by atoms with Crippen LogP contribution in [-0.2, 0) is 14.8 Å². The molecule has 0 spiro atoms. The number of hydrogen-bond acceptors (Lipinski definition) is 3. The molecule has 1 N–H and O–H groups in total. The zero-order valence-corrected chi connectivity index (χ0v) is 9.72. The van der Waals surface area contributed by atoms with Gasteiger partial charge in [0.1, 0.15) is 4.90 Å². The molecule has 0 aliphatic rings. The molecule has 0 aliphatic carbocycles. The molecule has 0 bridgehead atoms. The summed E-state index contributed by atoms with van der Waals surface area (Å²) in [7, 11) is -3.74. The number of sulfonamides is 1. The largest absolute Gasteiger partial charge is 0.274 e. The average molecular weight is 278 g/mol. The Bertz CT molecular complexity index is 455. The average Bonchev–Trinajstić information content (AvgIpc) is 2.02. The predicted molar refractivity (Wildman–Crippen MR) is 55.1 cm³/mol. The second-order valence-electron chi connectivity index (χ2n) is 2.59. The first-order valence-corrected chi connectivity index (χ1v) is 5.99. The Morgan fingerprint density at radius 3 is 2.43 bits per heavy atom. The molecule has 14 heavy (non-hydrogen) atoms. The first kappa shape index (κ1) is 11.2. The van der Waals surface area contributed by atoms with E-state index >= 15 is 0 Å². The summed E-state index contributed by atoms with van der Waals surface area (Å²) in [5.41, 5.74) is 0. The lowest BCUT2D eigenvalue weighted by Crippen LogP contribution is -2.28. The van der Waals surface area contributed by atoms with Gasteiger partial charge in [-0.2, -0.15) is 0 Å². The van der Waals surface area contributed by atoms with Crippen molar-refractivity contribution in [3.05, 3.63) is 28.7 Å². The van der Waals surface area contributed by atoms with Crippen molar-refractivity contribution in [2.45, 2.75) is 11.8 Å². The lowest BCUT2D eigenvalue weighted by atomic mass is 10.4. The maximum atomic E-state index is 11.5. The van der Waals surface area contributed by atoms with E-state index in [0.717, 1.165) is 6.92 Å². The summed E-state index contributed by atoms with van der Waals surface area (Å²) in [5.74, 6) is -0.610. The Balaban J connectivity index is 3.17. The highest BCUT2D eigenvalue weighted by Gasteiger charge is 2.17. The van der Waals surface area contributed by atoms with Crippen LogP contribution in [0.4, 0.5) is 0 Å². The topological polar surface area (TPSA) is 63.2 Å².